The monoisotopic (exact) mass is 585 g/mol. The molecule has 2 rings (SSSR count). The molecule has 1 aromatic carbocycles. The molecule has 0 fully saturated rings. The molecule has 10 heteroatoms. The Hall–Kier alpha value is -1.47. The van der Waals surface area contributed by atoms with E-state index in [9.17, 15) is 9.59 Å². The maximum Gasteiger partial charge on any atom is 0.341 e. The average Bonchev–Trinajstić information content (AvgIpc) is 2.54. The van der Waals surface area contributed by atoms with Crippen LogP contribution in [0.1, 0.15) is 15.9 Å². The van der Waals surface area contributed by atoms with Crippen molar-refractivity contribution in [2.45, 2.75) is 0 Å². The van der Waals surface area contributed by atoms with Crippen molar-refractivity contribution < 1.29 is 19.4 Å². The number of carbonyl (C=O) groups excluding carboxylic acids is 1. The Bertz CT molecular complexity index is 822. The number of carboxylic acid groups (broad SMARTS) is 1. The van der Waals surface area contributed by atoms with Gasteiger partial charge in [-0.3, -0.25) is 4.79 Å². The highest BCUT2D eigenvalue weighted by atomic mass is 127. The summed E-state index contributed by atoms with van der Waals surface area (Å²) >= 11 is 9.92. The standard InChI is InChI=1S/C15H10ClI2N3O4/c16-14-9(2-1-3-19-14)15(24)21-20-6-8-4-10(17)13(11(18)5-8)25-7-12(22)23/h1-6H,7H2,(H,21,24)(H,22,23). The van der Waals surface area contributed by atoms with E-state index < -0.39 is 18.5 Å². The van der Waals surface area contributed by atoms with E-state index in [0.29, 0.717) is 11.3 Å². The number of hydrogen-bond donors (Lipinski definition) is 2. The van der Waals surface area contributed by atoms with Crippen molar-refractivity contribution in [1.82, 2.24) is 10.4 Å². The lowest BCUT2D eigenvalue weighted by atomic mass is 10.2. The minimum atomic E-state index is -1.05. The van der Waals surface area contributed by atoms with Crippen LogP contribution < -0.4 is 10.2 Å². The zero-order valence-corrected chi connectivity index (χ0v) is 17.4. The Labute approximate surface area is 175 Å². The van der Waals surface area contributed by atoms with Crippen molar-refractivity contribution in [1.29, 1.82) is 0 Å². The van der Waals surface area contributed by atoms with Gasteiger partial charge in [0.1, 0.15) is 10.9 Å². The molecule has 0 atom stereocenters. The van der Waals surface area contributed by atoms with Gasteiger partial charge in [-0.1, -0.05) is 11.6 Å². The first-order valence-electron chi connectivity index (χ1n) is 6.66. The average molecular weight is 586 g/mol. The third-order valence-corrected chi connectivity index (χ3v) is 4.65. The Balaban J connectivity index is 2.07. The lowest BCUT2D eigenvalue weighted by Gasteiger charge is -2.09. The number of halogens is 3. The molecule has 0 saturated heterocycles. The van der Waals surface area contributed by atoms with E-state index >= 15 is 0 Å². The molecule has 7 nitrogen and oxygen atoms in total. The fourth-order valence-corrected chi connectivity index (χ4v) is 4.04. The zero-order chi connectivity index (χ0) is 18.4. The van der Waals surface area contributed by atoms with Gasteiger partial charge in [-0.25, -0.2) is 15.2 Å². The van der Waals surface area contributed by atoms with E-state index in [2.05, 4.69) is 15.5 Å². The maximum atomic E-state index is 12.0. The summed E-state index contributed by atoms with van der Waals surface area (Å²) in [6.45, 7) is -0.415. The number of ether oxygens (including phenoxy) is 1. The smallest absolute Gasteiger partial charge is 0.341 e. The second-order valence-electron chi connectivity index (χ2n) is 4.54. The number of aliphatic carboxylic acids is 1. The number of benzene rings is 1. The summed E-state index contributed by atoms with van der Waals surface area (Å²) in [6, 6.07) is 6.66. The SMILES string of the molecule is O=C(O)COc1c(I)cc(C=NNC(=O)c2cccnc2Cl)cc1I. The van der Waals surface area contributed by atoms with Crippen molar-refractivity contribution in [2.24, 2.45) is 5.10 Å². The van der Waals surface area contributed by atoms with Gasteiger partial charge in [0.25, 0.3) is 5.91 Å². The lowest BCUT2D eigenvalue weighted by Crippen LogP contribution is -2.18. The van der Waals surface area contributed by atoms with Crippen molar-refractivity contribution in [3.63, 3.8) is 0 Å². The van der Waals surface area contributed by atoms with Crippen LogP contribution in [0.4, 0.5) is 0 Å². The van der Waals surface area contributed by atoms with E-state index in [0.717, 1.165) is 7.14 Å². The van der Waals surface area contributed by atoms with E-state index in [1.165, 1.54) is 12.4 Å². The van der Waals surface area contributed by atoms with E-state index in [1.54, 1.807) is 24.3 Å². The summed E-state index contributed by atoms with van der Waals surface area (Å²) in [4.78, 5) is 26.4. The highest BCUT2D eigenvalue weighted by molar-refractivity contribution is 14.1. The molecule has 0 radical (unpaired) electrons. The second-order valence-corrected chi connectivity index (χ2v) is 7.22. The first-order valence-corrected chi connectivity index (χ1v) is 9.19. The molecule has 0 unspecified atom stereocenters. The number of nitrogens with one attached hydrogen (secondary N) is 1. The van der Waals surface area contributed by atoms with Gasteiger partial charge >= 0.3 is 5.97 Å². The summed E-state index contributed by atoms with van der Waals surface area (Å²) in [6.07, 6.45) is 2.95. The van der Waals surface area contributed by atoms with Crippen LogP contribution in [0.15, 0.2) is 35.6 Å². The predicted molar refractivity (Wildman–Crippen MR) is 109 cm³/mol. The fourth-order valence-electron chi connectivity index (χ4n) is 1.71. The first kappa shape index (κ1) is 19.8. The summed E-state index contributed by atoms with van der Waals surface area (Å²) in [5.74, 6) is -1.03. The minimum absolute atomic E-state index is 0.0965. The van der Waals surface area contributed by atoms with Gasteiger partial charge in [-0.05, 0) is 75.0 Å². The third kappa shape index (κ3) is 5.78. The van der Waals surface area contributed by atoms with Crippen LogP contribution >= 0.6 is 56.8 Å². The summed E-state index contributed by atoms with van der Waals surface area (Å²) in [5, 5.41) is 12.7. The summed E-state index contributed by atoms with van der Waals surface area (Å²) in [5.41, 5.74) is 3.32. The van der Waals surface area contributed by atoms with Crippen molar-refractivity contribution in [2.75, 3.05) is 6.61 Å². The minimum Gasteiger partial charge on any atom is -0.480 e. The number of aromatic nitrogens is 1. The van der Waals surface area contributed by atoms with Gasteiger partial charge in [0.2, 0.25) is 0 Å². The van der Waals surface area contributed by atoms with Crippen molar-refractivity contribution in [3.8, 4) is 5.75 Å². The highest BCUT2D eigenvalue weighted by Gasteiger charge is 2.11. The molecule has 1 amide bonds. The summed E-state index contributed by atoms with van der Waals surface area (Å²) < 4.78 is 6.71. The van der Waals surface area contributed by atoms with Crippen LogP contribution in [0.3, 0.4) is 0 Å². The van der Waals surface area contributed by atoms with Crippen LogP contribution in [0.25, 0.3) is 0 Å². The lowest BCUT2D eigenvalue weighted by molar-refractivity contribution is -0.139. The first-order chi connectivity index (χ1) is 11.9. The number of hydrazone groups is 1. The van der Waals surface area contributed by atoms with Crippen LogP contribution in [-0.2, 0) is 4.79 Å². The molecular weight excluding hydrogens is 575 g/mol. The highest BCUT2D eigenvalue weighted by Crippen LogP contribution is 2.28. The van der Waals surface area contributed by atoms with Gasteiger partial charge in [-0.15, -0.1) is 0 Å². The Morgan fingerprint density at radius 3 is 2.64 bits per heavy atom. The molecule has 0 saturated carbocycles. The topological polar surface area (TPSA) is 101 Å². The normalized spacial score (nSPS) is 10.7. The fraction of sp³-hybridized carbons (Fsp3) is 0.0667. The van der Waals surface area contributed by atoms with Crippen LogP contribution in [-0.4, -0.2) is 34.8 Å². The van der Waals surface area contributed by atoms with E-state index in [-0.39, 0.29) is 10.7 Å². The number of hydrogen-bond acceptors (Lipinski definition) is 5. The van der Waals surface area contributed by atoms with Gasteiger partial charge in [-0.2, -0.15) is 5.10 Å². The van der Waals surface area contributed by atoms with Crippen LogP contribution in [0.2, 0.25) is 5.15 Å². The van der Waals surface area contributed by atoms with E-state index in [4.69, 9.17) is 21.4 Å². The molecule has 0 spiro atoms. The van der Waals surface area contributed by atoms with Crippen LogP contribution in [0.5, 0.6) is 5.75 Å². The molecule has 0 aliphatic rings. The Morgan fingerprint density at radius 1 is 1.36 bits per heavy atom. The van der Waals surface area contributed by atoms with E-state index in [1.807, 2.05) is 45.2 Å². The largest absolute Gasteiger partial charge is 0.480 e. The molecule has 1 aromatic heterocycles. The number of nitrogens with zero attached hydrogens (tertiary/aromatic N) is 2. The van der Waals surface area contributed by atoms with Gasteiger partial charge in [0.05, 0.1) is 18.9 Å². The maximum absolute atomic E-state index is 12.0. The molecule has 0 aliphatic carbocycles. The quantitative estimate of drug-likeness (QED) is 0.235. The zero-order valence-electron chi connectivity index (χ0n) is 12.4. The number of carbonyl (C=O) groups is 2. The van der Waals surface area contributed by atoms with Crippen molar-refractivity contribution in [3.05, 3.63) is 53.9 Å². The number of carboxylic acids is 1. The molecule has 0 aliphatic heterocycles. The van der Waals surface area contributed by atoms with Gasteiger partial charge in [0.15, 0.2) is 6.61 Å². The number of amides is 1. The molecule has 2 N–H and O–H groups in total. The molecule has 0 bridgehead atoms. The molecule has 2 aromatic rings. The molecule has 1 heterocycles. The van der Waals surface area contributed by atoms with Gasteiger partial charge in [0, 0.05) is 6.20 Å². The summed E-state index contributed by atoms with van der Waals surface area (Å²) in [7, 11) is 0. The Morgan fingerprint density at radius 2 is 2.04 bits per heavy atom. The number of pyridine rings is 1. The van der Waals surface area contributed by atoms with Crippen molar-refractivity contribution >= 4 is 74.9 Å². The molecule has 130 valence electrons. The van der Waals surface area contributed by atoms with Gasteiger partial charge < -0.3 is 9.84 Å². The van der Waals surface area contributed by atoms with Crippen LogP contribution in [0, 0.1) is 7.14 Å². The molecular formula is C15H10ClI2N3O4. The third-order valence-electron chi connectivity index (χ3n) is 2.74. The predicted octanol–water partition coefficient (Wildman–Crippen LogP) is 3.17. The molecule has 25 heavy (non-hydrogen) atoms. The Kier molecular flexibility index (Phi) is 7.38. The number of rotatable bonds is 6. The second kappa shape index (κ2) is 9.29.